The quantitative estimate of drug-likeness (QED) is 0.757. The van der Waals surface area contributed by atoms with Gasteiger partial charge >= 0.3 is 6.03 Å². The fourth-order valence-electron chi connectivity index (χ4n) is 4.58. The molecule has 3 fully saturated rings. The molecule has 6 heteroatoms. The molecule has 2 saturated heterocycles. The van der Waals surface area contributed by atoms with Crippen LogP contribution in [0.3, 0.4) is 0 Å². The van der Waals surface area contributed by atoms with E-state index in [4.69, 9.17) is 0 Å². The average molecular weight is 415 g/mol. The maximum Gasteiger partial charge on any atom is 0.322 e. The van der Waals surface area contributed by atoms with Gasteiger partial charge < -0.3 is 20.2 Å². The van der Waals surface area contributed by atoms with E-state index >= 15 is 0 Å². The number of carbonyl (C=O) groups excluding carboxylic acids is 2. The Labute approximate surface area is 181 Å². The minimum atomic E-state index is -0.281. The number of rotatable bonds is 3. The number of para-hydroxylation sites is 1. The van der Waals surface area contributed by atoms with Crippen LogP contribution in [0.4, 0.5) is 10.5 Å². The Kier molecular flexibility index (Phi) is 5.13. The Bertz CT molecular complexity index is 1040. The summed E-state index contributed by atoms with van der Waals surface area (Å²) in [5, 5.41) is 12.8. The number of amides is 3. The predicted octanol–water partition coefficient (Wildman–Crippen LogP) is 2.65. The summed E-state index contributed by atoms with van der Waals surface area (Å²) in [5.74, 6) is 6.91. The largest absolute Gasteiger partial charge is 0.394 e. The van der Waals surface area contributed by atoms with Crippen molar-refractivity contribution in [3.63, 3.8) is 0 Å². The van der Waals surface area contributed by atoms with Crippen LogP contribution in [0.25, 0.3) is 0 Å². The van der Waals surface area contributed by atoms with Crippen LogP contribution in [0.15, 0.2) is 54.6 Å². The lowest BCUT2D eigenvalue weighted by Crippen LogP contribution is -2.73. The maximum atomic E-state index is 12.8. The van der Waals surface area contributed by atoms with Gasteiger partial charge in [-0.05, 0) is 42.7 Å². The second kappa shape index (κ2) is 8.09. The highest BCUT2D eigenvalue weighted by Crippen LogP contribution is 2.43. The van der Waals surface area contributed by atoms with E-state index in [1.807, 2.05) is 54.6 Å². The monoisotopic (exact) mass is 415 g/mol. The molecule has 0 bridgehead atoms. The molecule has 1 saturated carbocycles. The number of aliphatic hydroxyl groups is 1. The van der Waals surface area contributed by atoms with Gasteiger partial charge in [0.1, 0.15) is 6.54 Å². The number of urea groups is 1. The summed E-state index contributed by atoms with van der Waals surface area (Å²) in [6, 6.07) is 16.6. The summed E-state index contributed by atoms with van der Waals surface area (Å²) in [4.78, 5) is 28.8. The van der Waals surface area contributed by atoms with Crippen LogP contribution in [0.1, 0.15) is 29.9 Å². The molecule has 31 heavy (non-hydrogen) atoms. The normalized spacial score (nSPS) is 24.5. The lowest BCUT2D eigenvalue weighted by atomic mass is 9.73. The molecule has 0 aromatic heterocycles. The molecule has 2 aromatic rings. The van der Waals surface area contributed by atoms with Crippen molar-refractivity contribution < 1.29 is 14.7 Å². The molecule has 3 aliphatic rings. The van der Waals surface area contributed by atoms with Crippen molar-refractivity contribution in [3.8, 4) is 11.8 Å². The third-order valence-corrected chi connectivity index (χ3v) is 6.36. The molecular formula is C25H25N3O3. The Morgan fingerprint density at radius 1 is 1.10 bits per heavy atom. The number of piperazine rings is 1. The molecule has 6 nitrogen and oxygen atoms in total. The topological polar surface area (TPSA) is 72.9 Å². The average Bonchev–Trinajstić information content (AvgIpc) is 3.60. The number of nitrogens with zero attached hydrogens (tertiary/aromatic N) is 2. The van der Waals surface area contributed by atoms with E-state index in [0.717, 1.165) is 11.1 Å². The first-order valence-electron chi connectivity index (χ1n) is 10.8. The minimum Gasteiger partial charge on any atom is -0.394 e. The number of hydrogen-bond donors (Lipinski definition) is 2. The fraction of sp³-hybridized carbons (Fsp3) is 0.360. The zero-order valence-corrected chi connectivity index (χ0v) is 17.2. The number of anilines is 1. The molecule has 1 aliphatic carbocycles. The summed E-state index contributed by atoms with van der Waals surface area (Å²) in [6.07, 6.45) is 2.40. The molecule has 2 N–H and O–H groups in total. The number of benzene rings is 2. The molecule has 0 radical (unpaired) electrons. The van der Waals surface area contributed by atoms with E-state index in [-0.39, 0.29) is 43.1 Å². The van der Waals surface area contributed by atoms with Gasteiger partial charge in [-0.1, -0.05) is 42.2 Å². The van der Waals surface area contributed by atoms with Crippen molar-refractivity contribution in [2.24, 2.45) is 5.92 Å². The summed E-state index contributed by atoms with van der Waals surface area (Å²) < 4.78 is 0. The molecule has 2 heterocycles. The van der Waals surface area contributed by atoms with Gasteiger partial charge in [-0.25, -0.2) is 4.79 Å². The second-order valence-electron chi connectivity index (χ2n) is 8.49. The first-order valence-corrected chi connectivity index (χ1v) is 10.8. The summed E-state index contributed by atoms with van der Waals surface area (Å²) >= 11 is 0. The summed E-state index contributed by atoms with van der Waals surface area (Å²) in [5.41, 5.74) is 2.75. The molecule has 158 valence electrons. The van der Waals surface area contributed by atoms with Crippen molar-refractivity contribution in [2.75, 3.05) is 25.0 Å². The van der Waals surface area contributed by atoms with E-state index < -0.39 is 0 Å². The molecular weight excluding hydrogens is 390 g/mol. The molecule has 0 spiro atoms. The highest BCUT2D eigenvalue weighted by molar-refractivity contribution is 5.93. The van der Waals surface area contributed by atoms with Gasteiger partial charge in [0.25, 0.3) is 0 Å². The predicted molar refractivity (Wildman–Crippen MR) is 117 cm³/mol. The van der Waals surface area contributed by atoms with Crippen LogP contribution in [0.2, 0.25) is 0 Å². The third-order valence-electron chi connectivity index (χ3n) is 6.36. The molecule has 3 amide bonds. The Hall–Kier alpha value is -3.30. The van der Waals surface area contributed by atoms with Gasteiger partial charge in [-0.15, -0.1) is 0 Å². The lowest BCUT2D eigenvalue weighted by Gasteiger charge is -2.58. The van der Waals surface area contributed by atoms with Crippen LogP contribution >= 0.6 is 0 Å². The summed E-state index contributed by atoms with van der Waals surface area (Å²) in [6.45, 7) is 0.370. The smallest absolute Gasteiger partial charge is 0.322 e. The number of carbonyl (C=O) groups is 2. The van der Waals surface area contributed by atoms with Gasteiger partial charge in [0.2, 0.25) is 5.91 Å². The van der Waals surface area contributed by atoms with E-state index in [1.165, 1.54) is 12.8 Å². The van der Waals surface area contributed by atoms with E-state index in [2.05, 4.69) is 17.2 Å². The van der Waals surface area contributed by atoms with Crippen molar-refractivity contribution in [2.45, 2.75) is 30.8 Å². The minimum absolute atomic E-state index is 0.00767. The number of hydrogen-bond acceptors (Lipinski definition) is 3. The van der Waals surface area contributed by atoms with E-state index in [0.29, 0.717) is 18.2 Å². The number of fused-ring (bicyclic) bond motifs is 1. The Morgan fingerprint density at radius 2 is 1.84 bits per heavy atom. The van der Waals surface area contributed by atoms with E-state index in [9.17, 15) is 14.7 Å². The zero-order valence-electron chi connectivity index (χ0n) is 17.2. The third kappa shape index (κ3) is 3.89. The highest BCUT2D eigenvalue weighted by Gasteiger charge is 2.54. The van der Waals surface area contributed by atoms with Crippen LogP contribution in [0, 0.1) is 17.8 Å². The van der Waals surface area contributed by atoms with Gasteiger partial charge in [0.05, 0.1) is 18.7 Å². The lowest BCUT2D eigenvalue weighted by molar-refractivity contribution is -0.159. The van der Waals surface area contributed by atoms with Gasteiger partial charge in [-0.2, -0.15) is 0 Å². The summed E-state index contributed by atoms with van der Waals surface area (Å²) in [7, 11) is 0. The zero-order chi connectivity index (χ0) is 21.4. The Morgan fingerprint density at radius 3 is 2.52 bits per heavy atom. The SMILES string of the molecule is O=C(Nc1ccccc1)N1CC(=O)N2[C@H](CO)[C@@H](c3ccc(C#CC4CC4)cc3)[C@@H]2C1. The first-order chi connectivity index (χ1) is 15.1. The van der Waals surface area contributed by atoms with Gasteiger partial charge in [0, 0.05) is 29.6 Å². The number of nitrogens with one attached hydrogen (secondary N) is 1. The second-order valence-corrected chi connectivity index (χ2v) is 8.49. The standard InChI is InChI=1S/C25H25N3O3/c29-16-22-24(19-12-10-18(11-13-19)9-8-17-6-7-17)21-14-27(15-23(30)28(21)22)25(31)26-20-4-2-1-3-5-20/h1-5,10-13,17,21-22,24,29H,6-7,14-16H2,(H,26,31)/t21-,22+,24-/m0/s1. The van der Waals surface area contributed by atoms with E-state index in [1.54, 1.807) is 9.80 Å². The van der Waals surface area contributed by atoms with Crippen LogP contribution < -0.4 is 5.32 Å². The maximum absolute atomic E-state index is 12.8. The van der Waals surface area contributed by atoms with Crippen molar-refractivity contribution >= 4 is 17.6 Å². The fourth-order valence-corrected chi connectivity index (χ4v) is 4.58. The van der Waals surface area contributed by atoms with Crippen LogP contribution in [-0.4, -0.2) is 58.6 Å². The first kappa shape index (κ1) is 19.7. The van der Waals surface area contributed by atoms with Crippen molar-refractivity contribution in [1.82, 2.24) is 9.80 Å². The molecule has 5 rings (SSSR count). The molecule has 2 aliphatic heterocycles. The van der Waals surface area contributed by atoms with Gasteiger partial charge in [0.15, 0.2) is 0 Å². The van der Waals surface area contributed by atoms with Gasteiger partial charge in [-0.3, -0.25) is 4.79 Å². The van der Waals surface area contributed by atoms with Crippen molar-refractivity contribution in [1.29, 1.82) is 0 Å². The number of aliphatic hydroxyl groups excluding tert-OH is 1. The van der Waals surface area contributed by atoms with Crippen molar-refractivity contribution in [3.05, 3.63) is 65.7 Å². The molecule has 0 unspecified atom stereocenters. The molecule has 2 aromatic carbocycles. The molecule has 3 atom stereocenters. The Balaban J connectivity index is 1.31. The van der Waals surface area contributed by atoms with Crippen LogP contribution in [0.5, 0.6) is 0 Å². The highest BCUT2D eigenvalue weighted by atomic mass is 16.3. The van der Waals surface area contributed by atoms with Crippen LogP contribution in [-0.2, 0) is 4.79 Å².